The highest BCUT2D eigenvalue weighted by atomic mass is 32.1. The Morgan fingerprint density at radius 1 is 1.29 bits per heavy atom. The first kappa shape index (κ1) is 10.5. The molecule has 0 saturated carbocycles. The average molecular weight is 248 g/mol. The van der Waals surface area contributed by atoms with Crippen molar-refractivity contribution in [2.75, 3.05) is 18.0 Å². The fourth-order valence-electron chi connectivity index (χ4n) is 2.04. The summed E-state index contributed by atoms with van der Waals surface area (Å²) in [6, 6.07) is 3.86. The molecule has 88 valence electrons. The number of nitrogens with zero attached hydrogens (tertiary/aromatic N) is 3. The number of nitrogens with two attached hydrogens (primary N) is 1. The van der Waals surface area contributed by atoms with Crippen LogP contribution >= 0.6 is 11.3 Å². The predicted octanol–water partition coefficient (Wildman–Crippen LogP) is 1.39. The summed E-state index contributed by atoms with van der Waals surface area (Å²) in [4.78, 5) is 22.8. The van der Waals surface area contributed by atoms with Gasteiger partial charge in [-0.05, 0) is 25.0 Å². The van der Waals surface area contributed by atoms with E-state index in [-0.39, 0.29) is 0 Å². The molecule has 17 heavy (non-hydrogen) atoms. The first-order chi connectivity index (χ1) is 8.24. The normalized spacial score (nSPS) is 15.6. The summed E-state index contributed by atoms with van der Waals surface area (Å²) in [5.74, 6) is 0.477. The van der Waals surface area contributed by atoms with Gasteiger partial charge in [0.15, 0.2) is 5.01 Å². The van der Waals surface area contributed by atoms with Crippen LogP contribution in [0.25, 0.3) is 10.3 Å². The second kappa shape index (κ2) is 3.96. The van der Waals surface area contributed by atoms with Gasteiger partial charge in [0.05, 0.1) is 0 Å². The van der Waals surface area contributed by atoms with Crippen LogP contribution in [-0.4, -0.2) is 29.0 Å². The molecule has 5 nitrogen and oxygen atoms in total. The molecular formula is C11H12N4OS. The number of rotatable bonds is 2. The van der Waals surface area contributed by atoms with Crippen molar-refractivity contribution in [3.05, 3.63) is 17.1 Å². The molecule has 1 amide bonds. The maximum Gasteiger partial charge on any atom is 0.277 e. The third kappa shape index (κ3) is 1.84. The Labute approximate surface area is 102 Å². The van der Waals surface area contributed by atoms with Crippen LogP contribution in [0.1, 0.15) is 22.6 Å². The SMILES string of the molecule is NC(=O)c1nc2ccc(N3CCCC3)nc2s1. The van der Waals surface area contributed by atoms with Crippen molar-refractivity contribution >= 4 is 33.4 Å². The van der Waals surface area contributed by atoms with Crippen molar-refractivity contribution < 1.29 is 4.79 Å². The topological polar surface area (TPSA) is 72.1 Å². The van der Waals surface area contributed by atoms with Crippen molar-refractivity contribution in [3.8, 4) is 0 Å². The first-order valence-corrected chi connectivity index (χ1v) is 6.38. The highest BCUT2D eigenvalue weighted by Gasteiger charge is 2.15. The molecule has 0 aromatic carbocycles. The maximum atomic E-state index is 11.0. The van der Waals surface area contributed by atoms with Gasteiger partial charge in [-0.2, -0.15) is 0 Å². The predicted molar refractivity (Wildman–Crippen MR) is 67.4 cm³/mol. The molecule has 0 unspecified atom stereocenters. The lowest BCUT2D eigenvalue weighted by molar-refractivity contribution is 0.1000. The van der Waals surface area contributed by atoms with Gasteiger partial charge in [-0.15, -0.1) is 0 Å². The number of pyridine rings is 1. The summed E-state index contributed by atoms with van der Waals surface area (Å²) in [6.07, 6.45) is 2.43. The van der Waals surface area contributed by atoms with Gasteiger partial charge in [-0.1, -0.05) is 11.3 Å². The molecule has 1 saturated heterocycles. The summed E-state index contributed by atoms with van der Waals surface area (Å²) >= 11 is 1.25. The number of hydrogen-bond acceptors (Lipinski definition) is 5. The van der Waals surface area contributed by atoms with Crippen LogP contribution in [0, 0.1) is 0 Å². The Morgan fingerprint density at radius 3 is 2.76 bits per heavy atom. The Morgan fingerprint density at radius 2 is 2.06 bits per heavy atom. The summed E-state index contributed by atoms with van der Waals surface area (Å²) in [5.41, 5.74) is 5.95. The summed E-state index contributed by atoms with van der Waals surface area (Å²) in [5, 5.41) is 0.325. The number of amides is 1. The van der Waals surface area contributed by atoms with Crippen LogP contribution < -0.4 is 10.6 Å². The minimum atomic E-state index is -0.490. The molecule has 2 N–H and O–H groups in total. The van der Waals surface area contributed by atoms with E-state index >= 15 is 0 Å². The molecule has 3 heterocycles. The monoisotopic (exact) mass is 248 g/mol. The lowest BCUT2D eigenvalue weighted by Gasteiger charge is -2.15. The largest absolute Gasteiger partial charge is 0.364 e. The molecule has 0 bridgehead atoms. The molecule has 0 spiro atoms. The summed E-state index contributed by atoms with van der Waals surface area (Å²) < 4.78 is 0. The molecule has 1 fully saturated rings. The number of carbonyl (C=O) groups excluding carboxylic acids is 1. The fourth-order valence-corrected chi connectivity index (χ4v) is 2.82. The van der Waals surface area contributed by atoms with Gasteiger partial charge in [0.25, 0.3) is 5.91 Å². The van der Waals surface area contributed by atoms with Crippen molar-refractivity contribution in [1.82, 2.24) is 9.97 Å². The summed E-state index contributed by atoms with van der Waals surface area (Å²) in [6.45, 7) is 2.11. The number of hydrogen-bond donors (Lipinski definition) is 1. The zero-order valence-electron chi connectivity index (χ0n) is 9.22. The minimum absolute atomic E-state index is 0.325. The van der Waals surface area contributed by atoms with Crippen LogP contribution in [0.5, 0.6) is 0 Å². The third-order valence-electron chi connectivity index (χ3n) is 2.88. The number of primary amides is 1. The van der Waals surface area contributed by atoms with Gasteiger partial charge in [-0.3, -0.25) is 4.79 Å². The van der Waals surface area contributed by atoms with Gasteiger partial charge in [0.2, 0.25) is 0 Å². The van der Waals surface area contributed by atoms with E-state index in [0.717, 1.165) is 29.3 Å². The van der Waals surface area contributed by atoms with Crippen molar-refractivity contribution in [2.24, 2.45) is 5.73 Å². The van der Waals surface area contributed by atoms with Crippen LogP contribution in [0.3, 0.4) is 0 Å². The molecule has 1 aliphatic heterocycles. The molecule has 0 aliphatic carbocycles. The smallest absolute Gasteiger partial charge is 0.277 e. The Hall–Kier alpha value is -1.69. The zero-order chi connectivity index (χ0) is 11.8. The number of fused-ring (bicyclic) bond motifs is 1. The zero-order valence-corrected chi connectivity index (χ0v) is 10.0. The highest BCUT2D eigenvalue weighted by Crippen LogP contribution is 2.25. The van der Waals surface area contributed by atoms with Gasteiger partial charge in [0, 0.05) is 13.1 Å². The van der Waals surface area contributed by atoms with E-state index in [4.69, 9.17) is 5.73 Å². The van der Waals surface area contributed by atoms with Crippen LogP contribution in [0.15, 0.2) is 12.1 Å². The van der Waals surface area contributed by atoms with Gasteiger partial charge < -0.3 is 10.6 Å². The number of thiazole rings is 1. The van der Waals surface area contributed by atoms with E-state index < -0.39 is 5.91 Å². The van der Waals surface area contributed by atoms with Crippen molar-refractivity contribution in [2.45, 2.75) is 12.8 Å². The number of aromatic nitrogens is 2. The van der Waals surface area contributed by atoms with E-state index in [0.29, 0.717) is 5.01 Å². The molecule has 1 aliphatic rings. The van der Waals surface area contributed by atoms with Crippen molar-refractivity contribution in [3.63, 3.8) is 0 Å². The molecule has 3 rings (SSSR count). The highest BCUT2D eigenvalue weighted by molar-refractivity contribution is 7.19. The lowest BCUT2D eigenvalue weighted by Crippen LogP contribution is -2.18. The quantitative estimate of drug-likeness (QED) is 0.871. The average Bonchev–Trinajstić information content (AvgIpc) is 2.97. The molecule has 0 atom stereocenters. The van der Waals surface area contributed by atoms with E-state index in [1.54, 1.807) is 0 Å². The molecule has 2 aromatic rings. The second-order valence-corrected chi connectivity index (χ2v) is 5.05. The molecule has 0 radical (unpaired) electrons. The van der Waals surface area contributed by atoms with Crippen LogP contribution in [0.4, 0.5) is 5.82 Å². The second-order valence-electron chi connectivity index (χ2n) is 4.07. The maximum absolute atomic E-state index is 11.0. The number of carbonyl (C=O) groups is 1. The molecule has 6 heteroatoms. The Bertz CT molecular complexity index is 574. The minimum Gasteiger partial charge on any atom is -0.364 e. The van der Waals surface area contributed by atoms with Gasteiger partial charge in [-0.25, -0.2) is 9.97 Å². The van der Waals surface area contributed by atoms with E-state index in [1.807, 2.05) is 12.1 Å². The first-order valence-electron chi connectivity index (χ1n) is 5.56. The van der Waals surface area contributed by atoms with Gasteiger partial charge >= 0.3 is 0 Å². The third-order valence-corrected chi connectivity index (χ3v) is 3.86. The standard InChI is InChI=1S/C11H12N4OS/c12-9(16)11-13-7-3-4-8(14-10(7)17-11)15-5-1-2-6-15/h3-4H,1-2,5-6H2,(H2,12,16). The van der Waals surface area contributed by atoms with Crippen LogP contribution in [0.2, 0.25) is 0 Å². The van der Waals surface area contributed by atoms with Crippen molar-refractivity contribution in [1.29, 1.82) is 0 Å². The molecular weight excluding hydrogens is 236 g/mol. The van der Waals surface area contributed by atoms with Crippen LogP contribution in [-0.2, 0) is 0 Å². The fraction of sp³-hybridized carbons (Fsp3) is 0.364. The number of anilines is 1. The Balaban J connectivity index is 2.02. The lowest BCUT2D eigenvalue weighted by atomic mass is 10.4. The van der Waals surface area contributed by atoms with E-state index in [1.165, 1.54) is 24.2 Å². The van der Waals surface area contributed by atoms with E-state index in [2.05, 4.69) is 14.9 Å². The molecule has 2 aromatic heterocycles. The van der Waals surface area contributed by atoms with Gasteiger partial charge in [0.1, 0.15) is 16.2 Å². The summed E-state index contributed by atoms with van der Waals surface area (Å²) in [7, 11) is 0. The van der Waals surface area contributed by atoms with E-state index in [9.17, 15) is 4.79 Å². The Kier molecular flexibility index (Phi) is 2.44.